The van der Waals surface area contributed by atoms with Gasteiger partial charge in [-0.25, -0.2) is 12.8 Å². The van der Waals surface area contributed by atoms with Crippen LogP contribution in [-0.4, -0.2) is 25.2 Å². The lowest BCUT2D eigenvalue weighted by Crippen LogP contribution is -2.14. The Morgan fingerprint density at radius 3 is 2.38 bits per heavy atom. The lowest BCUT2D eigenvalue weighted by Gasteiger charge is -2.17. The van der Waals surface area contributed by atoms with Gasteiger partial charge in [-0.1, -0.05) is 6.07 Å². The number of nitrogens with zero attached hydrogens (tertiary/aromatic N) is 1. The maximum absolute atomic E-state index is 14.0. The summed E-state index contributed by atoms with van der Waals surface area (Å²) in [4.78, 5) is 11.0. The van der Waals surface area contributed by atoms with E-state index in [0.717, 1.165) is 18.4 Å². The summed E-state index contributed by atoms with van der Waals surface area (Å²) in [5, 5.41) is 0.414. The predicted molar refractivity (Wildman–Crippen MR) is 110 cm³/mol. The van der Waals surface area contributed by atoms with Gasteiger partial charge in [0.05, 0.1) is 10.5 Å². The van der Waals surface area contributed by atoms with Gasteiger partial charge in [0.15, 0.2) is 9.84 Å². The van der Waals surface area contributed by atoms with Crippen LogP contribution in [-0.2, 0) is 32.1 Å². The number of alkyl halides is 3. The molecule has 0 spiro atoms. The number of ether oxygens (including phenoxy) is 1. The minimum atomic E-state index is -4.78. The summed E-state index contributed by atoms with van der Waals surface area (Å²) in [6, 6.07) is 6.75. The molecule has 0 aliphatic carbocycles. The summed E-state index contributed by atoms with van der Waals surface area (Å²) in [6.45, 7) is 4.22. The fourth-order valence-corrected chi connectivity index (χ4v) is 4.51. The van der Waals surface area contributed by atoms with E-state index in [1.807, 2.05) is 0 Å². The van der Waals surface area contributed by atoms with E-state index in [-0.39, 0.29) is 12.1 Å². The standard InChI is InChI=1S/C22H21F4NO4S/c1-12-21(13(2)31-14(3)28)18-9-16(23)6-8-20(18)27(12)11-15-5-7-17(32(4,29)30)10-19(15)22(24,25)26/h5-10,13H,11H2,1-4H3. The van der Waals surface area contributed by atoms with Crippen LogP contribution < -0.4 is 0 Å². The molecular weight excluding hydrogens is 450 g/mol. The zero-order chi connectivity index (χ0) is 24.0. The van der Waals surface area contributed by atoms with Gasteiger partial charge in [0.2, 0.25) is 0 Å². The van der Waals surface area contributed by atoms with E-state index >= 15 is 0 Å². The average molecular weight is 471 g/mol. The van der Waals surface area contributed by atoms with Gasteiger partial charge in [-0.2, -0.15) is 13.2 Å². The van der Waals surface area contributed by atoms with Crippen LogP contribution in [0.4, 0.5) is 17.6 Å². The summed E-state index contributed by atoms with van der Waals surface area (Å²) < 4.78 is 85.5. The molecule has 0 radical (unpaired) electrons. The molecule has 1 atom stereocenters. The van der Waals surface area contributed by atoms with Crippen molar-refractivity contribution >= 4 is 26.7 Å². The molecule has 0 aliphatic heterocycles. The maximum atomic E-state index is 14.0. The van der Waals surface area contributed by atoms with Crippen LogP contribution in [0.2, 0.25) is 0 Å². The molecule has 0 N–H and O–H groups in total. The largest absolute Gasteiger partial charge is 0.458 e. The zero-order valence-electron chi connectivity index (χ0n) is 17.7. The average Bonchev–Trinajstić information content (AvgIpc) is 2.90. The number of halogens is 4. The van der Waals surface area contributed by atoms with Crippen molar-refractivity contribution in [3.63, 3.8) is 0 Å². The summed E-state index contributed by atoms with van der Waals surface area (Å²) in [6.07, 6.45) is -4.71. The predicted octanol–water partition coefficient (Wildman–Crippen LogP) is 5.18. The molecule has 1 unspecified atom stereocenters. The van der Waals surface area contributed by atoms with Crippen molar-refractivity contribution in [2.45, 2.75) is 44.5 Å². The number of fused-ring (bicyclic) bond motifs is 1. The minimum Gasteiger partial charge on any atom is -0.458 e. The molecule has 0 saturated carbocycles. The second-order valence-corrected chi connectivity index (χ2v) is 9.60. The van der Waals surface area contributed by atoms with Crippen LogP contribution in [0.25, 0.3) is 10.9 Å². The lowest BCUT2D eigenvalue weighted by molar-refractivity contribution is -0.145. The number of esters is 1. The molecule has 0 fully saturated rings. The third-order valence-corrected chi connectivity index (χ3v) is 6.34. The topological polar surface area (TPSA) is 65.4 Å². The second-order valence-electron chi connectivity index (χ2n) is 7.59. The van der Waals surface area contributed by atoms with Crippen molar-refractivity contribution in [1.82, 2.24) is 4.57 Å². The van der Waals surface area contributed by atoms with Crippen LogP contribution in [0.15, 0.2) is 41.3 Å². The van der Waals surface area contributed by atoms with E-state index < -0.39 is 44.4 Å². The Bertz CT molecular complexity index is 1310. The number of carbonyl (C=O) groups is 1. The summed E-state index contributed by atoms with van der Waals surface area (Å²) in [5.74, 6) is -1.09. The number of benzene rings is 2. The molecule has 0 bridgehead atoms. The van der Waals surface area contributed by atoms with Crippen LogP contribution in [0.3, 0.4) is 0 Å². The van der Waals surface area contributed by atoms with Crippen molar-refractivity contribution < 1.29 is 35.5 Å². The fourth-order valence-electron chi connectivity index (χ4n) is 3.86. The van der Waals surface area contributed by atoms with Crippen molar-refractivity contribution in [1.29, 1.82) is 0 Å². The van der Waals surface area contributed by atoms with Crippen LogP contribution >= 0.6 is 0 Å². The highest BCUT2D eigenvalue weighted by molar-refractivity contribution is 7.90. The quantitative estimate of drug-likeness (QED) is 0.380. The number of carbonyl (C=O) groups excluding carboxylic acids is 1. The van der Waals surface area contributed by atoms with Gasteiger partial charge in [-0.3, -0.25) is 4.79 Å². The zero-order valence-corrected chi connectivity index (χ0v) is 18.6. The maximum Gasteiger partial charge on any atom is 0.416 e. The molecule has 1 aromatic heterocycles. The number of aromatic nitrogens is 1. The van der Waals surface area contributed by atoms with Crippen molar-refractivity contribution in [3.8, 4) is 0 Å². The highest BCUT2D eigenvalue weighted by Gasteiger charge is 2.35. The first kappa shape index (κ1) is 23.8. The van der Waals surface area contributed by atoms with E-state index in [4.69, 9.17) is 4.74 Å². The first-order valence-electron chi connectivity index (χ1n) is 9.55. The molecular formula is C22H21F4NO4S. The van der Waals surface area contributed by atoms with Gasteiger partial charge in [0, 0.05) is 41.9 Å². The molecule has 172 valence electrons. The van der Waals surface area contributed by atoms with E-state index in [1.165, 1.54) is 25.1 Å². The molecule has 3 aromatic rings. The Morgan fingerprint density at radius 1 is 1.16 bits per heavy atom. The molecule has 2 aromatic carbocycles. The van der Waals surface area contributed by atoms with Crippen molar-refractivity contribution in [2.24, 2.45) is 0 Å². The SMILES string of the molecule is CC(=O)OC(C)c1c(C)n(Cc2ccc(S(C)(=O)=O)cc2C(F)(F)F)c2ccc(F)cc12. The number of rotatable bonds is 5. The third kappa shape index (κ3) is 4.64. The first-order valence-corrected chi connectivity index (χ1v) is 11.4. The van der Waals surface area contributed by atoms with E-state index in [2.05, 4.69) is 0 Å². The Balaban J connectivity index is 2.22. The monoisotopic (exact) mass is 471 g/mol. The number of sulfone groups is 1. The normalized spacial score (nSPS) is 13.4. The van der Waals surface area contributed by atoms with Crippen LogP contribution in [0, 0.1) is 12.7 Å². The molecule has 32 heavy (non-hydrogen) atoms. The van der Waals surface area contributed by atoms with Gasteiger partial charge < -0.3 is 9.30 Å². The summed E-state index contributed by atoms with van der Waals surface area (Å²) >= 11 is 0. The molecule has 1 heterocycles. The van der Waals surface area contributed by atoms with E-state index in [1.54, 1.807) is 18.4 Å². The Hall–Kier alpha value is -2.88. The Labute approximate surface area is 182 Å². The highest BCUT2D eigenvalue weighted by atomic mass is 32.2. The molecule has 0 saturated heterocycles. The van der Waals surface area contributed by atoms with E-state index in [0.29, 0.717) is 28.2 Å². The third-order valence-electron chi connectivity index (χ3n) is 5.23. The Kier molecular flexibility index (Phi) is 6.12. The van der Waals surface area contributed by atoms with Gasteiger partial charge in [0.1, 0.15) is 11.9 Å². The molecule has 5 nitrogen and oxygen atoms in total. The summed E-state index contributed by atoms with van der Waals surface area (Å²) in [5.41, 5.74) is 0.216. The van der Waals surface area contributed by atoms with Gasteiger partial charge in [0.25, 0.3) is 0 Å². The molecule has 10 heteroatoms. The van der Waals surface area contributed by atoms with E-state index in [9.17, 15) is 30.8 Å². The highest BCUT2D eigenvalue weighted by Crippen LogP contribution is 2.37. The first-order chi connectivity index (χ1) is 14.7. The van der Waals surface area contributed by atoms with Crippen LogP contribution in [0.1, 0.15) is 42.3 Å². The lowest BCUT2D eigenvalue weighted by atomic mass is 10.1. The minimum absolute atomic E-state index is 0.152. The van der Waals surface area contributed by atoms with Gasteiger partial charge in [-0.05, 0) is 49.7 Å². The number of hydrogen-bond donors (Lipinski definition) is 0. The smallest absolute Gasteiger partial charge is 0.416 e. The second kappa shape index (κ2) is 8.23. The Morgan fingerprint density at radius 2 is 1.81 bits per heavy atom. The molecule has 3 rings (SSSR count). The van der Waals surface area contributed by atoms with Crippen LogP contribution in [0.5, 0.6) is 0 Å². The number of hydrogen-bond acceptors (Lipinski definition) is 4. The molecule has 0 amide bonds. The van der Waals surface area contributed by atoms with Crippen molar-refractivity contribution in [3.05, 3.63) is 64.6 Å². The molecule has 0 aliphatic rings. The fraction of sp³-hybridized carbons (Fsp3) is 0.318. The summed E-state index contributed by atoms with van der Waals surface area (Å²) in [7, 11) is -3.84. The van der Waals surface area contributed by atoms with Gasteiger partial charge in [-0.15, -0.1) is 0 Å². The van der Waals surface area contributed by atoms with Crippen molar-refractivity contribution in [2.75, 3.05) is 6.26 Å². The van der Waals surface area contributed by atoms with Gasteiger partial charge >= 0.3 is 12.1 Å².